The second-order valence-electron chi connectivity index (χ2n) is 11.3. The van der Waals surface area contributed by atoms with Gasteiger partial charge in [-0.05, 0) is 76.9 Å². The van der Waals surface area contributed by atoms with E-state index in [1.54, 1.807) is 63.8 Å². The fourth-order valence-electron chi connectivity index (χ4n) is 5.65. The van der Waals surface area contributed by atoms with E-state index in [0.717, 1.165) is 16.7 Å². The Labute approximate surface area is 290 Å². The first-order valence-electron chi connectivity index (χ1n) is 16.0. The highest BCUT2D eigenvalue weighted by Gasteiger charge is 2.26. The van der Waals surface area contributed by atoms with E-state index >= 15 is 0 Å². The fraction of sp³-hybridized carbons (Fsp3) is 0.289. The van der Waals surface area contributed by atoms with E-state index in [9.17, 15) is 20.1 Å². The van der Waals surface area contributed by atoms with E-state index in [1.165, 1.54) is 7.11 Å². The number of carbonyl (C=O) groups excluding carboxylic acids is 1. The van der Waals surface area contributed by atoms with Crippen LogP contribution in [0.3, 0.4) is 0 Å². The van der Waals surface area contributed by atoms with Crippen LogP contribution in [0.2, 0.25) is 0 Å². The highest BCUT2D eigenvalue weighted by molar-refractivity contribution is 6.02. The maximum Gasteiger partial charge on any atom is 0.255 e. The zero-order valence-corrected chi connectivity index (χ0v) is 28.4. The summed E-state index contributed by atoms with van der Waals surface area (Å²) in [5, 5.41) is 35.8. The van der Waals surface area contributed by atoms with Gasteiger partial charge in [0.15, 0.2) is 11.5 Å². The lowest BCUT2D eigenvalue weighted by Gasteiger charge is -2.29. The van der Waals surface area contributed by atoms with E-state index in [0.29, 0.717) is 82.1 Å². The van der Waals surface area contributed by atoms with Crippen molar-refractivity contribution in [2.75, 3.05) is 47.0 Å². The van der Waals surface area contributed by atoms with Crippen LogP contribution >= 0.6 is 0 Å². The third kappa shape index (κ3) is 8.05. The summed E-state index contributed by atoms with van der Waals surface area (Å²) in [4.78, 5) is 12.8. The fourth-order valence-corrected chi connectivity index (χ4v) is 5.65. The number of hydrogen-bond acceptors (Lipinski definition) is 11. The molecule has 1 heterocycles. The highest BCUT2D eigenvalue weighted by Crippen LogP contribution is 2.39. The Hall–Kier alpha value is -5.43. The predicted molar refractivity (Wildman–Crippen MR) is 188 cm³/mol. The van der Waals surface area contributed by atoms with Crippen molar-refractivity contribution in [1.29, 1.82) is 0 Å². The number of rotatable bonds is 16. The molecule has 4 aromatic carbocycles. The number of aliphatic hydroxyl groups is 3. The summed E-state index contributed by atoms with van der Waals surface area (Å²) in [6.07, 6.45) is 3.78. The Kier molecular flexibility index (Phi) is 12.0. The molecule has 5 rings (SSSR count). The van der Waals surface area contributed by atoms with Crippen LogP contribution in [0.4, 0.5) is 5.69 Å². The highest BCUT2D eigenvalue weighted by atomic mass is 16.5. The molecule has 0 fully saturated rings. The minimum Gasteiger partial charge on any atom is -0.497 e. The normalized spacial score (nSPS) is 13.7. The van der Waals surface area contributed by atoms with Crippen molar-refractivity contribution in [1.82, 2.24) is 5.32 Å². The molecular weight excluding hydrogens is 644 g/mol. The van der Waals surface area contributed by atoms with Crippen molar-refractivity contribution >= 4 is 23.7 Å². The van der Waals surface area contributed by atoms with Crippen LogP contribution in [0.1, 0.15) is 56.3 Å². The average molecular weight is 687 g/mol. The monoisotopic (exact) mass is 686 g/mol. The summed E-state index contributed by atoms with van der Waals surface area (Å²) in [6, 6.07) is 17.9. The molecule has 1 aliphatic heterocycles. The van der Waals surface area contributed by atoms with Gasteiger partial charge in [-0.15, -0.1) is 0 Å². The second-order valence-corrected chi connectivity index (χ2v) is 11.3. The molecule has 12 heteroatoms. The van der Waals surface area contributed by atoms with Crippen molar-refractivity contribution in [3.05, 3.63) is 99.6 Å². The Bertz CT molecular complexity index is 1790. The first kappa shape index (κ1) is 35.9. The smallest absolute Gasteiger partial charge is 0.255 e. The average Bonchev–Trinajstić information content (AvgIpc) is 3.16. The summed E-state index contributed by atoms with van der Waals surface area (Å²) in [7, 11) is 6.17. The number of fused-ring (bicyclic) bond motifs is 1. The van der Waals surface area contributed by atoms with E-state index in [1.807, 2.05) is 30.4 Å². The number of anilines is 1. The largest absolute Gasteiger partial charge is 0.497 e. The van der Waals surface area contributed by atoms with Gasteiger partial charge in [0.05, 0.1) is 67.0 Å². The summed E-state index contributed by atoms with van der Waals surface area (Å²) in [5.74, 6) is 2.81. The molecule has 1 unspecified atom stereocenters. The number of aliphatic hydroxyl groups excluding tert-OH is 3. The maximum absolute atomic E-state index is 12.8. The molecule has 1 aliphatic rings. The first-order valence-corrected chi connectivity index (χ1v) is 16.0. The van der Waals surface area contributed by atoms with E-state index in [-0.39, 0.29) is 25.7 Å². The molecule has 50 heavy (non-hydrogen) atoms. The minimum absolute atomic E-state index is 0.226. The van der Waals surface area contributed by atoms with Crippen LogP contribution in [0, 0.1) is 0 Å². The number of nitrogens with one attached hydrogen (secondary N) is 2. The molecule has 0 spiro atoms. The van der Waals surface area contributed by atoms with Crippen LogP contribution in [0.5, 0.6) is 34.5 Å². The van der Waals surface area contributed by atoms with Crippen LogP contribution in [-0.2, 0) is 19.8 Å². The molecule has 0 saturated heterocycles. The minimum atomic E-state index is -0.482. The zero-order chi connectivity index (χ0) is 35.6. The van der Waals surface area contributed by atoms with Crippen molar-refractivity contribution in [2.45, 2.75) is 32.4 Å². The summed E-state index contributed by atoms with van der Waals surface area (Å²) < 4.78 is 33.9. The maximum atomic E-state index is 12.8. The van der Waals surface area contributed by atoms with Gasteiger partial charge in [0.2, 0.25) is 5.75 Å². The molecule has 1 amide bonds. The molecule has 0 saturated carbocycles. The Morgan fingerprint density at radius 1 is 0.660 bits per heavy atom. The molecule has 0 aliphatic carbocycles. The third-order valence-electron chi connectivity index (χ3n) is 8.25. The molecule has 5 N–H and O–H groups in total. The van der Waals surface area contributed by atoms with Crippen LogP contribution in [-0.4, -0.2) is 62.9 Å². The molecule has 0 radical (unpaired) electrons. The van der Waals surface area contributed by atoms with Gasteiger partial charge in [-0.25, -0.2) is 0 Å². The van der Waals surface area contributed by atoms with Gasteiger partial charge in [0.25, 0.3) is 5.91 Å². The number of ether oxygens (including phenoxy) is 6. The number of hydrogen-bond donors (Lipinski definition) is 5. The molecular formula is C38H42N2O10. The lowest BCUT2D eigenvalue weighted by molar-refractivity contribution is 0.0935. The van der Waals surface area contributed by atoms with Gasteiger partial charge in [0, 0.05) is 23.2 Å². The summed E-state index contributed by atoms with van der Waals surface area (Å²) in [5.41, 5.74) is 5.24. The molecule has 0 aromatic heterocycles. The zero-order valence-electron chi connectivity index (χ0n) is 28.4. The summed E-state index contributed by atoms with van der Waals surface area (Å²) >= 11 is 0. The van der Waals surface area contributed by atoms with E-state index in [2.05, 4.69) is 10.6 Å². The quantitative estimate of drug-likeness (QED) is 0.0792. The van der Waals surface area contributed by atoms with Gasteiger partial charge in [-0.2, -0.15) is 0 Å². The number of benzene rings is 4. The molecule has 1 atom stereocenters. The van der Waals surface area contributed by atoms with Crippen LogP contribution in [0.25, 0.3) is 12.2 Å². The Balaban J connectivity index is 1.20. The third-order valence-corrected chi connectivity index (χ3v) is 8.25. The molecule has 264 valence electrons. The lowest BCUT2D eigenvalue weighted by atomic mass is 10.0. The SMILES string of the molecule is COc1ccc2c(c1)C(=O)NC(c1ccc(OCCCOc3c(OC)cc(C=Cc4cc(CO)c(CO)c(OC)c4)cc3OC)c(CO)c1)N2. The first-order chi connectivity index (χ1) is 24.3. The predicted octanol–water partition coefficient (Wildman–Crippen LogP) is 5.07. The van der Waals surface area contributed by atoms with Crippen LogP contribution < -0.4 is 39.1 Å². The van der Waals surface area contributed by atoms with Crippen LogP contribution in [0.15, 0.2) is 60.7 Å². The standard InChI is InChI=1S/C38H42N2O10/c1-45-28-9-10-31-29(19-28)38(44)40-37(39-31)25-8-11-32(27(18-25)21-42)49-12-5-13-50-36-34(47-3)16-24(17-35(36)48-4)7-6-23-14-26(20-41)30(22-43)33(15-23)46-2/h6-11,14-19,37,39,41-43H,5,12-13,20-22H2,1-4H3,(H,40,44). The number of amides is 1. The van der Waals surface area contributed by atoms with Crippen molar-refractivity contribution in [3.63, 3.8) is 0 Å². The number of methoxy groups -OCH3 is 4. The lowest BCUT2D eigenvalue weighted by Crippen LogP contribution is -2.38. The topological polar surface area (TPSA) is 157 Å². The molecule has 12 nitrogen and oxygen atoms in total. The summed E-state index contributed by atoms with van der Waals surface area (Å²) in [6.45, 7) is -0.0899. The van der Waals surface area contributed by atoms with Gasteiger partial charge < -0.3 is 54.4 Å². The van der Waals surface area contributed by atoms with Crippen molar-refractivity contribution in [2.24, 2.45) is 0 Å². The van der Waals surface area contributed by atoms with Gasteiger partial charge >= 0.3 is 0 Å². The molecule has 0 bridgehead atoms. The second kappa shape index (κ2) is 16.8. The van der Waals surface area contributed by atoms with Gasteiger partial charge in [-0.3, -0.25) is 4.79 Å². The van der Waals surface area contributed by atoms with Gasteiger partial charge in [0.1, 0.15) is 23.4 Å². The van der Waals surface area contributed by atoms with E-state index in [4.69, 9.17) is 28.4 Å². The van der Waals surface area contributed by atoms with E-state index < -0.39 is 6.17 Å². The Morgan fingerprint density at radius 2 is 1.32 bits per heavy atom. The van der Waals surface area contributed by atoms with Gasteiger partial charge in [-0.1, -0.05) is 18.2 Å². The van der Waals surface area contributed by atoms with Crippen molar-refractivity contribution in [3.8, 4) is 34.5 Å². The Morgan fingerprint density at radius 3 is 1.96 bits per heavy atom. The van der Waals surface area contributed by atoms with Crippen molar-refractivity contribution < 1.29 is 48.5 Å². The molecule has 4 aromatic rings. The number of carbonyl (C=O) groups is 1.